The fourth-order valence-corrected chi connectivity index (χ4v) is 3.43. The number of carbonyl (C=O) groups is 4. The number of carbonyl (C=O) groups excluding carboxylic acids is 4. The number of primary amides is 1. The first-order valence-electron chi connectivity index (χ1n) is 10.5. The SMILES string of the molecule is CC(C)(C)OC(=O)NCC(=O)N[C@@H](Cc1ccc([N+](=O)[O-])cc1)C(=O)N1CCC[C@H]1C(N)=O. The van der Waals surface area contributed by atoms with Gasteiger partial charge in [-0.2, -0.15) is 0 Å². The molecule has 1 fully saturated rings. The first-order valence-corrected chi connectivity index (χ1v) is 10.5. The lowest BCUT2D eigenvalue weighted by atomic mass is 10.0. The van der Waals surface area contributed by atoms with Crippen LogP contribution in [0.15, 0.2) is 24.3 Å². The van der Waals surface area contributed by atoms with E-state index in [-0.39, 0.29) is 12.1 Å². The van der Waals surface area contributed by atoms with Crippen LogP contribution in [0.4, 0.5) is 10.5 Å². The Morgan fingerprint density at radius 1 is 1.24 bits per heavy atom. The van der Waals surface area contributed by atoms with Crippen molar-refractivity contribution < 1.29 is 28.8 Å². The van der Waals surface area contributed by atoms with Gasteiger partial charge in [-0.1, -0.05) is 12.1 Å². The minimum absolute atomic E-state index is 0.0248. The quantitative estimate of drug-likeness (QED) is 0.374. The van der Waals surface area contributed by atoms with E-state index in [1.165, 1.54) is 29.2 Å². The van der Waals surface area contributed by atoms with E-state index in [9.17, 15) is 29.3 Å². The van der Waals surface area contributed by atoms with Crippen molar-refractivity contribution in [1.82, 2.24) is 15.5 Å². The lowest BCUT2D eigenvalue weighted by Crippen LogP contribution is -2.54. The van der Waals surface area contributed by atoms with E-state index in [4.69, 9.17) is 10.5 Å². The summed E-state index contributed by atoms with van der Waals surface area (Å²) in [7, 11) is 0. The molecule has 1 aliphatic heterocycles. The van der Waals surface area contributed by atoms with E-state index in [1.807, 2.05) is 0 Å². The number of amides is 4. The molecule has 0 unspecified atom stereocenters. The Bertz CT molecular complexity index is 911. The van der Waals surface area contributed by atoms with Crippen molar-refractivity contribution >= 4 is 29.5 Å². The van der Waals surface area contributed by atoms with Crippen molar-refractivity contribution in [3.05, 3.63) is 39.9 Å². The molecular weight excluding hydrogens is 434 g/mol. The van der Waals surface area contributed by atoms with Crippen LogP contribution in [-0.4, -0.2) is 64.4 Å². The number of rotatable bonds is 8. The standard InChI is InChI=1S/C21H29N5O7/c1-21(2,3)33-20(30)23-12-17(27)24-15(11-13-6-8-14(9-7-13)26(31)32)19(29)25-10-4-5-16(25)18(22)28/h6-9,15-16H,4-5,10-12H2,1-3H3,(H2,22,28)(H,23,30)(H,24,27)/t15-,16-/m0/s1. The van der Waals surface area contributed by atoms with Gasteiger partial charge >= 0.3 is 6.09 Å². The van der Waals surface area contributed by atoms with Crippen LogP contribution < -0.4 is 16.4 Å². The van der Waals surface area contributed by atoms with Crippen molar-refractivity contribution in [3.8, 4) is 0 Å². The summed E-state index contributed by atoms with van der Waals surface area (Å²) in [6.07, 6.45) is 0.262. The highest BCUT2D eigenvalue weighted by Crippen LogP contribution is 2.20. The highest BCUT2D eigenvalue weighted by Gasteiger charge is 2.36. The van der Waals surface area contributed by atoms with Gasteiger partial charge in [-0.15, -0.1) is 0 Å². The monoisotopic (exact) mass is 463 g/mol. The molecule has 4 amide bonds. The summed E-state index contributed by atoms with van der Waals surface area (Å²) in [6.45, 7) is 4.91. The van der Waals surface area contributed by atoms with E-state index in [2.05, 4.69) is 10.6 Å². The molecule has 0 saturated carbocycles. The van der Waals surface area contributed by atoms with Crippen LogP contribution in [0, 0.1) is 10.1 Å². The zero-order valence-electron chi connectivity index (χ0n) is 18.8. The Morgan fingerprint density at radius 2 is 1.88 bits per heavy atom. The summed E-state index contributed by atoms with van der Waals surface area (Å²) >= 11 is 0. The van der Waals surface area contributed by atoms with Crippen LogP contribution in [0.25, 0.3) is 0 Å². The molecule has 180 valence electrons. The molecule has 12 heteroatoms. The summed E-state index contributed by atoms with van der Waals surface area (Å²) in [5.74, 6) is -1.77. The van der Waals surface area contributed by atoms with Gasteiger partial charge in [0.05, 0.1) is 4.92 Å². The Hall–Kier alpha value is -3.70. The molecule has 2 atom stereocenters. The third kappa shape index (κ3) is 7.74. The average molecular weight is 463 g/mol. The lowest BCUT2D eigenvalue weighted by molar-refractivity contribution is -0.384. The largest absolute Gasteiger partial charge is 0.444 e. The zero-order valence-corrected chi connectivity index (χ0v) is 18.8. The van der Waals surface area contributed by atoms with Gasteiger partial charge in [-0.25, -0.2) is 4.79 Å². The molecule has 0 radical (unpaired) electrons. The van der Waals surface area contributed by atoms with Crippen molar-refractivity contribution in [3.63, 3.8) is 0 Å². The van der Waals surface area contributed by atoms with E-state index >= 15 is 0 Å². The Morgan fingerprint density at radius 3 is 2.42 bits per heavy atom. The van der Waals surface area contributed by atoms with Gasteiger partial charge in [-0.3, -0.25) is 24.5 Å². The van der Waals surface area contributed by atoms with E-state index in [0.29, 0.717) is 24.9 Å². The lowest BCUT2D eigenvalue weighted by Gasteiger charge is -2.28. The number of nitrogens with one attached hydrogen (secondary N) is 2. The van der Waals surface area contributed by atoms with Gasteiger partial charge < -0.3 is 26.0 Å². The second-order valence-corrected chi connectivity index (χ2v) is 8.70. The maximum absolute atomic E-state index is 13.2. The van der Waals surface area contributed by atoms with Crippen molar-refractivity contribution in [2.24, 2.45) is 5.73 Å². The molecule has 12 nitrogen and oxygen atoms in total. The first-order chi connectivity index (χ1) is 15.4. The van der Waals surface area contributed by atoms with Crippen LogP contribution in [0.2, 0.25) is 0 Å². The minimum atomic E-state index is -1.07. The topological polar surface area (TPSA) is 174 Å². The van der Waals surface area contributed by atoms with Gasteiger partial charge in [0, 0.05) is 25.1 Å². The molecule has 0 aliphatic carbocycles. The fraction of sp³-hybridized carbons (Fsp3) is 0.524. The molecule has 2 rings (SSSR count). The van der Waals surface area contributed by atoms with Crippen LogP contribution in [0.1, 0.15) is 39.2 Å². The molecule has 1 aromatic carbocycles. The smallest absolute Gasteiger partial charge is 0.408 e. The Balaban J connectivity index is 2.13. The van der Waals surface area contributed by atoms with E-state index in [0.717, 1.165) is 0 Å². The average Bonchev–Trinajstić information content (AvgIpc) is 3.20. The van der Waals surface area contributed by atoms with Crippen LogP contribution >= 0.6 is 0 Å². The zero-order chi connectivity index (χ0) is 24.8. The predicted octanol–water partition coefficient (Wildman–Crippen LogP) is 0.623. The van der Waals surface area contributed by atoms with Gasteiger partial charge in [-0.05, 0) is 39.2 Å². The van der Waals surface area contributed by atoms with Crippen LogP contribution in [0.3, 0.4) is 0 Å². The number of nitrogens with two attached hydrogens (primary N) is 1. The number of nitro groups is 1. The number of non-ortho nitro benzene ring substituents is 1. The van der Waals surface area contributed by atoms with Gasteiger partial charge in [0.15, 0.2) is 0 Å². The summed E-state index contributed by atoms with van der Waals surface area (Å²) < 4.78 is 5.08. The minimum Gasteiger partial charge on any atom is -0.444 e. The molecule has 4 N–H and O–H groups in total. The molecule has 1 heterocycles. The summed E-state index contributed by atoms with van der Waals surface area (Å²) in [6, 6.07) is 3.72. The summed E-state index contributed by atoms with van der Waals surface area (Å²) in [5.41, 5.74) is 5.12. The van der Waals surface area contributed by atoms with E-state index < -0.39 is 53.0 Å². The maximum Gasteiger partial charge on any atom is 0.408 e. The van der Waals surface area contributed by atoms with Gasteiger partial charge in [0.1, 0.15) is 24.2 Å². The summed E-state index contributed by atoms with van der Waals surface area (Å²) in [4.78, 5) is 60.8. The number of alkyl carbamates (subject to hydrolysis) is 1. The fourth-order valence-electron chi connectivity index (χ4n) is 3.43. The van der Waals surface area contributed by atoms with Crippen LogP contribution in [-0.2, 0) is 25.5 Å². The van der Waals surface area contributed by atoms with Crippen molar-refractivity contribution in [2.45, 2.75) is 57.7 Å². The van der Waals surface area contributed by atoms with Gasteiger partial charge in [0.25, 0.3) is 5.69 Å². The molecule has 1 aromatic rings. The first kappa shape index (κ1) is 25.6. The number of nitrogens with zero attached hydrogens (tertiary/aromatic N) is 2. The number of hydrogen-bond acceptors (Lipinski definition) is 7. The highest BCUT2D eigenvalue weighted by atomic mass is 16.6. The predicted molar refractivity (Wildman–Crippen MR) is 117 cm³/mol. The normalized spacial score (nSPS) is 16.6. The van der Waals surface area contributed by atoms with E-state index in [1.54, 1.807) is 20.8 Å². The number of hydrogen-bond donors (Lipinski definition) is 3. The molecule has 0 spiro atoms. The number of benzene rings is 1. The molecule has 33 heavy (non-hydrogen) atoms. The molecule has 1 aliphatic rings. The third-order valence-corrected chi connectivity index (χ3v) is 4.88. The van der Waals surface area contributed by atoms with Crippen molar-refractivity contribution in [1.29, 1.82) is 0 Å². The van der Waals surface area contributed by atoms with Gasteiger partial charge in [0.2, 0.25) is 17.7 Å². The maximum atomic E-state index is 13.2. The third-order valence-electron chi connectivity index (χ3n) is 4.88. The highest BCUT2D eigenvalue weighted by molar-refractivity contribution is 5.93. The second-order valence-electron chi connectivity index (χ2n) is 8.70. The Kier molecular flexibility index (Phi) is 8.32. The number of ether oxygens (including phenoxy) is 1. The number of likely N-dealkylation sites (tertiary alicyclic amines) is 1. The number of nitro benzene ring substituents is 1. The van der Waals surface area contributed by atoms with Crippen molar-refractivity contribution in [2.75, 3.05) is 13.1 Å². The molecule has 0 aromatic heterocycles. The second kappa shape index (κ2) is 10.7. The molecule has 0 bridgehead atoms. The Labute approximate surface area is 191 Å². The summed E-state index contributed by atoms with van der Waals surface area (Å²) in [5, 5.41) is 15.8. The molecule has 1 saturated heterocycles. The van der Waals surface area contributed by atoms with Crippen LogP contribution in [0.5, 0.6) is 0 Å². The molecular formula is C21H29N5O7.